The first-order valence-electron chi connectivity index (χ1n) is 8.22. The van der Waals surface area contributed by atoms with E-state index in [0.29, 0.717) is 18.3 Å². The Morgan fingerprint density at radius 3 is 2.73 bits per heavy atom. The average Bonchev–Trinajstić information content (AvgIpc) is 3.20. The summed E-state index contributed by atoms with van der Waals surface area (Å²) < 4.78 is 28.5. The van der Waals surface area contributed by atoms with Gasteiger partial charge < -0.3 is 9.42 Å². The second-order valence-corrected chi connectivity index (χ2v) is 7.96. The predicted octanol–water partition coefficient (Wildman–Crippen LogP) is 2.34. The van der Waals surface area contributed by atoms with Crippen molar-refractivity contribution in [3.8, 4) is 11.4 Å². The zero-order valence-electron chi connectivity index (χ0n) is 14.2. The molecule has 0 amide bonds. The third kappa shape index (κ3) is 3.09. The lowest BCUT2D eigenvalue weighted by molar-refractivity contribution is 0.374. The van der Waals surface area contributed by atoms with Crippen LogP contribution < -0.4 is 10.0 Å². The highest BCUT2D eigenvalue weighted by Crippen LogP contribution is 2.34. The van der Waals surface area contributed by atoms with Crippen molar-refractivity contribution in [3.05, 3.63) is 60.0 Å². The molecular weight excluding hydrogens is 352 g/mol. The summed E-state index contributed by atoms with van der Waals surface area (Å²) in [4.78, 5) is 6.74. The maximum atomic E-state index is 11.6. The van der Waals surface area contributed by atoms with Crippen LogP contribution in [-0.4, -0.2) is 24.6 Å². The second kappa shape index (κ2) is 6.22. The summed E-state index contributed by atoms with van der Waals surface area (Å²) in [5.74, 6) is 1.07. The number of hydrogen-bond acceptors (Lipinski definition) is 6. The fourth-order valence-corrected chi connectivity index (χ4v) is 3.82. The summed E-state index contributed by atoms with van der Waals surface area (Å²) in [7, 11) is -3.70. The monoisotopic (exact) mass is 370 g/mol. The van der Waals surface area contributed by atoms with Crippen LogP contribution >= 0.6 is 0 Å². The molecule has 4 rings (SSSR count). The highest BCUT2D eigenvalue weighted by atomic mass is 32.2. The molecule has 0 bridgehead atoms. The van der Waals surface area contributed by atoms with Crippen LogP contribution in [0.25, 0.3) is 11.4 Å². The van der Waals surface area contributed by atoms with Gasteiger partial charge in [-0.1, -0.05) is 35.5 Å². The van der Waals surface area contributed by atoms with Crippen LogP contribution in [0.1, 0.15) is 18.4 Å². The van der Waals surface area contributed by atoms with Crippen LogP contribution in [0.4, 0.5) is 5.69 Å². The van der Waals surface area contributed by atoms with Crippen molar-refractivity contribution < 1.29 is 12.9 Å². The van der Waals surface area contributed by atoms with Gasteiger partial charge >= 0.3 is 0 Å². The van der Waals surface area contributed by atoms with E-state index in [1.807, 2.05) is 30.3 Å². The van der Waals surface area contributed by atoms with E-state index in [1.54, 1.807) is 12.1 Å². The fourth-order valence-electron chi connectivity index (χ4n) is 3.26. The van der Waals surface area contributed by atoms with Gasteiger partial charge in [0.2, 0.25) is 21.7 Å². The molecule has 0 spiro atoms. The van der Waals surface area contributed by atoms with Crippen molar-refractivity contribution in [2.45, 2.75) is 30.8 Å². The van der Waals surface area contributed by atoms with E-state index in [4.69, 9.17) is 9.66 Å². The number of primary sulfonamides is 1. The first-order valence-corrected chi connectivity index (χ1v) is 9.77. The summed E-state index contributed by atoms with van der Waals surface area (Å²) in [6.45, 7) is 2.54. The maximum Gasteiger partial charge on any atom is 0.246 e. The number of anilines is 1. The average molecular weight is 370 g/mol. The molecule has 1 aliphatic heterocycles. The van der Waals surface area contributed by atoms with Crippen LogP contribution in [0, 0.1) is 0 Å². The van der Waals surface area contributed by atoms with Crippen LogP contribution in [0.2, 0.25) is 0 Å². The normalized spacial score (nSPS) is 16.7. The van der Waals surface area contributed by atoms with Crippen molar-refractivity contribution >= 4 is 15.7 Å². The van der Waals surface area contributed by atoms with E-state index < -0.39 is 10.0 Å². The number of nitrogens with two attached hydrogens (primary N) is 1. The number of nitrogens with zero attached hydrogens (tertiary/aromatic N) is 3. The predicted molar refractivity (Wildman–Crippen MR) is 96.9 cm³/mol. The molecule has 2 heterocycles. The van der Waals surface area contributed by atoms with E-state index in [-0.39, 0.29) is 10.9 Å². The molecule has 3 aromatic rings. The molecule has 8 heteroatoms. The van der Waals surface area contributed by atoms with Crippen molar-refractivity contribution in [1.29, 1.82) is 0 Å². The number of aromatic nitrogens is 2. The smallest absolute Gasteiger partial charge is 0.246 e. The molecule has 26 heavy (non-hydrogen) atoms. The lowest BCUT2D eigenvalue weighted by atomic mass is 10.1. The first kappa shape index (κ1) is 16.7. The van der Waals surface area contributed by atoms with Gasteiger partial charge in [-0.15, -0.1) is 0 Å². The Hall–Kier alpha value is -2.71. The third-order valence-electron chi connectivity index (χ3n) is 4.54. The second-order valence-electron chi connectivity index (χ2n) is 6.39. The van der Waals surface area contributed by atoms with Crippen LogP contribution in [0.3, 0.4) is 0 Å². The lowest BCUT2D eigenvalue weighted by Gasteiger charge is -2.22. The Morgan fingerprint density at radius 1 is 1.23 bits per heavy atom. The molecule has 7 nitrogen and oxygen atoms in total. The van der Waals surface area contributed by atoms with Gasteiger partial charge in [-0.05, 0) is 37.1 Å². The van der Waals surface area contributed by atoms with Gasteiger partial charge in [0.15, 0.2) is 0 Å². The molecule has 134 valence electrons. The van der Waals surface area contributed by atoms with Crippen molar-refractivity contribution in [2.24, 2.45) is 5.14 Å². The van der Waals surface area contributed by atoms with Crippen LogP contribution in [0.5, 0.6) is 0 Å². The lowest BCUT2D eigenvalue weighted by Crippen LogP contribution is -2.28. The first-order chi connectivity index (χ1) is 12.4. The summed E-state index contributed by atoms with van der Waals surface area (Å²) in [5, 5.41) is 9.27. The molecule has 1 aliphatic rings. The van der Waals surface area contributed by atoms with E-state index in [1.165, 1.54) is 6.07 Å². The maximum absolute atomic E-state index is 11.6. The number of benzene rings is 2. The molecule has 0 saturated carbocycles. The topological polar surface area (TPSA) is 102 Å². The van der Waals surface area contributed by atoms with E-state index in [0.717, 1.165) is 23.2 Å². The van der Waals surface area contributed by atoms with Crippen LogP contribution in [0.15, 0.2) is 57.9 Å². The Balaban J connectivity index is 1.60. The largest absolute Gasteiger partial charge is 0.359 e. The van der Waals surface area contributed by atoms with Gasteiger partial charge in [0, 0.05) is 17.3 Å². The fraction of sp³-hybridized carbons (Fsp3) is 0.222. The van der Waals surface area contributed by atoms with E-state index in [9.17, 15) is 8.42 Å². The molecule has 0 saturated heterocycles. The summed E-state index contributed by atoms with van der Waals surface area (Å²) in [5.41, 5.74) is 2.81. The van der Waals surface area contributed by atoms with Crippen LogP contribution in [-0.2, 0) is 23.0 Å². The van der Waals surface area contributed by atoms with Gasteiger partial charge in [0.25, 0.3) is 0 Å². The van der Waals surface area contributed by atoms with Gasteiger partial charge in [-0.3, -0.25) is 0 Å². The molecule has 2 N–H and O–H groups in total. The highest BCUT2D eigenvalue weighted by molar-refractivity contribution is 7.89. The minimum absolute atomic E-state index is 0.134. The molecule has 1 atom stereocenters. The Labute approximate surface area is 151 Å². The van der Waals surface area contributed by atoms with Crippen molar-refractivity contribution in [2.75, 3.05) is 4.90 Å². The number of hydrogen-bond donors (Lipinski definition) is 1. The Kier molecular flexibility index (Phi) is 4.01. The number of sulfonamides is 1. The minimum Gasteiger partial charge on any atom is -0.359 e. The molecule has 0 fully saturated rings. The summed E-state index contributed by atoms with van der Waals surface area (Å²) in [6.07, 6.45) is 0.734. The zero-order chi connectivity index (χ0) is 18.3. The van der Waals surface area contributed by atoms with Crippen molar-refractivity contribution in [3.63, 3.8) is 0 Å². The van der Waals surface area contributed by atoms with Gasteiger partial charge in [-0.2, -0.15) is 4.98 Å². The summed E-state index contributed by atoms with van der Waals surface area (Å²) in [6, 6.07) is 14.8. The third-order valence-corrected chi connectivity index (χ3v) is 5.45. The van der Waals surface area contributed by atoms with Gasteiger partial charge in [0.05, 0.1) is 11.4 Å². The standard InChI is InChI=1S/C18H18N4O3S/c1-12-9-14-10-15(26(19,23)24)7-8-16(14)22(12)11-17-20-18(21-25-17)13-5-3-2-4-6-13/h2-8,10,12H,9,11H2,1H3,(H2,19,23,24)/t12-/m0/s1. The number of fused-ring (bicyclic) bond motifs is 1. The minimum atomic E-state index is -3.70. The molecule has 0 unspecified atom stereocenters. The Morgan fingerprint density at radius 2 is 2.00 bits per heavy atom. The number of rotatable bonds is 4. The molecule has 0 radical (unpaired) electrons. The molecule has 2 aromatic carbocycles. The van der Waals surface area contributed by atoms with E-state index >= 15 is 0 Å². The van der Waals surface area contributed by atoms with Gasteiger partial charge in [0.1, 0.15) is 0 Å². The quantitative estimate of drug-likeness (QED) is 0.756. The molecule has 1 aromatic heterocycles. The van der Waals surface area contributed by atoms with E-state index in [2.05, 4.69) is 22.0 Å². The van der Waals surface area contributed by atoms with Gasteiger partial charge in [-0.25, -0.2) is 13.6 Å². The van der Waals surface area contributed by atoms with Crippen molar-refractivity contribution in [1.82, 2.24) is 10.1 Å². The SMILES string of the molecule is C[C@H]1Cc2cc(S(N)(=O)=O)ccc2N1Cc1nc(-c2ccccc2)no1. The summed E-state index contributed by atoms with van der Waals surface area (Å²) >= 11 is 0. The Bertz CT molecular complexity index is 1050. The molecule has 0 aliphatic carbocycles. The molecular formula is C18H18N4O3S. The zero-order valence-corrected chi connectivity index (χ0v) is 15.0. The highest BCUT2D eigenvalue weighted by Gasteiger charge is 2.28.